The Bertz CT molecular complexity index is 611. The van der Waals surface area contributed by atoms with E-state index in [-0.39, 0.29) is 24.2 Å². The Morgan fingerprint density at radius 3 is 2.04 bits per heavy atom. The van der Waals surface area contributed by atoms with Crippen molar-refractivity contribution < 1.29 is 4.79 Å². The molecule has 0 aromatic heterocycles. The molecule has 1 unspecified atom stereocenters. The van der Waals surface area contributed by atoms with Crippen molar-refractivity contribution in [1.82, 2.24) is 5.32 Å². The Morgan fingerprint density at radius 1 is 1.00 bits per heavy atom. The van der Waals surface area contributed by atoms with E-state index in [0.29, 0.717) is 15.6 Å². The van der Waals surface area contributed by atoms with Gasteiger partial charge in [-0.3, -0.25) is 4.79 Å². The zero-order valence-corrected chi connectivity index (χ0v) is 15.2. The van der Waals surface area contributed by atoms with Gasteiger partial charge in [0, 0.05) is 15.6 Å². The topological polar surface area (TPSA) is 29.1 Å². The molecule has 1 N–H and O–H groups in total. The van der Waals surface area contributed by atoms with Crippen molar-refractivity contribution in [2.24, 2.45) is 0 Å². The van der Waals surface area contributed by atoms with Gasteiger partial charge in [-0.2, -0.15) is 0 Å². The van der Waals surface area contributed by atoms with Gasteiger partial charge in [0.15, 0.2) is 5.78 Å². The molecular weight excluding hydrogens is 353 g/mol. The van der Waals surface area contributed by atoms with Crippen LogP contribution >= 0.6 is 35.6 Å². The van der Waals surface area contributed by atoms with Crippen LogP contribution in [0, 0.1) is 0 Å². The minimum Gasteiger partial charge on any atom is -0.303 e. The zero-order chi connectivity index (χ0) is 15.9. The second kappa shape index (κ2) is 9.94. The minimum absolute atomic E-state index is 0. The lowest BCUT2D eigenvalue weighted by Crippen LogP contribution is -2.29. The van der Waals surface area contributed by atoms with E-state index >= 15 is 0 Å². The first-order valence-electron chi connectivity index (χ1n) is 7.40. The van der Waals surface area contributed by atoms with E-state index in [2.05, 4.69) is 12.2 Å². The monoisotopic (exact) mass is 371 g/mol. The summed E-state index contributed by atoms with van der Waals surface area (Å²) in [6.45, 7) is 2.92. The van der Waals surface area contributed by atoms with Crippen LogP contribution < -0.4 is 5.32 Å². The molecule has 0 saturated heterocycles. The lowest BCUT2D eigenvalue weighted by atomic mass is 9.97. The quantitative estimate of drug-likeness (QED) is 0.497. The summed E-state index contributed by atoms with van der Waals surface area (Å²) in [4.78, 5) is 12.8. The number of ketones is 1. The van der Waals surface area contributed by atoms with Crippen molar-refractivity contribution in [2.75, 3.05) is 6.54 Å². The molecule has 0 saturated carbocycles. The van der Waals surface area contributed by atoms with Gasteiger partial charge in [-0.05, 0) is 54.9 Å². The van der Waals surface area contributed by atoms with Crippen LogP contribution in [-0.2, 0) is 0 Å². The number of rotatable bonds is 7. The van der Waals surface area contributed by atoms with Crippen LogP contribution in [-0.4, -0.2) is 12.3 Å². The van der Waals surface area contributed by atoms with E-state index in [1.807, 2.05) is 12.1 Å². The van der Waals surface area contributed by atoms with E-state index in [9.17, 15) is 4.79 Å². The van der Waals surface area contributed by atoms with Gasteiger partial charge in [-0.25, -0.2) is 0 Å². The van der Waals surface area contributed by atoms with Gasteiger partial charge in [-0.1, -0.05) is 48.7 Å². The van der Waals surface area contributed by atoms with Crippen molar-refractivity contribution >= 4 is 41.4 Å². The maximum atomic E-state index is 12.8. The van der Waals surface area contributed by atoms with E-state index < -0.39 is 0 Å². The molecular formula is C18H20Cl3NO. The van der Waals surface area contributed by atoms with Crippen molar-refractivity contribution in [3.05, 3.63) is 69.7 Å². The summed E-state index contributed by atoms with van der Waals surface area (Å²) < 4.78 is 0. The number of Topliss-reactive ketones (excluding diaryl/α,β-unsaturated/α-hetero) is 1. The van der Waals surface area contributed by atoms with Crippen LogP contribution in [0.15, 0.2) is 48.5 Å². The summed E-state index contributed by atoms with van der Waals surface area (Å²) in [6, 6.07) is 14.0. The predicted molar refractivity (Wildman–Crippen MR) is 100 cm³/mol. The minimum atomic E-state index is -0.370. The fourth-order valence-corrected chi connectivity index (χ4v) is 2.47. The first kappa shape index (κ1) is 20.0. The van der Waals surface area contributed by atoms with E-state index in [4.69, 9.17) is 23.2 Å². The summed E-state index contributed by atoms with van der Waals surface area (Å²) in [5.41, 5.74) is 1.56. The first-order valence-corrected chi connectivity index (χ1v) is 8.16. The number of carbonyl (C=O) groups excluding carboxylic acids is 1. The molecule has 1 atom stereocenters. The Hall–Kier alpha value is -1.06. The zero-order valence-electron chi connectivity index (χ0n) is 12.9. The van der Waals surface area contributed by atoms with Gasteiger partial charge in [0.05, 0.1) is 6.04 Å². The normalized spacial score (nSPS) is 11.6. The molecule has 0 heterocycles. The van der Waals surface area contributed by atoms with Crippen molar-refractivity contribution in [1.29, 1.82) is 0 Å². The Labute approximate surface area is 153 Å². The van der Waals surface area contributed by atoms with Gasteiger partial charge in [0.2, 0.25) is 0 Å². The third-order valence-electron chi connectivity index (χ3n) is 3.47. The molecule has 0 aliphatic carbocycles. The molecule has 23 heavy (non-hydrogen) atoms. The van der Waals surface area contributed by atoms with E-state index in [1.165, 1.54) is 0 Å². The average molecular weight is 373 g/mol. The molecule has 0 radical (unpaired) electrons. The van der Waals surface area contributed by atoms with Gasteiger partial charge >= 0.3 is 0 Å². The predicted octanol–water partition coefficient (Wildman–Crippen LogP) is 5.73. The highest BCUT2D eigenvalue weighted by molar-refractivity contribution is 6.31. The molecule has 2 aromatic carbocycles. The highest BCUT2D eigenvalue weighted by Gasteiger charge is 2.21. The standard InChI is InChI=1S/C18H19Cl2NO.ClH/c1-2-3-12-21-17(13-4-8-15(19)9-5-13)18(22)14-6-10-16(20)11-7-14;/h4-11,17,21H,2-3,12H2,1H3;1H. The van der Waals surface area contributed by atoms with Gasteiger partial charge in [-0.15, -0.1) is 12.4 Å². The fourth-order valence-electron chi connectivity index (χ4n) is 2.22. The molecule has 2 rings (SSSR count). The van der Waals surface area contributed by atoms with Crippen LogP contribution in [0.5, 0.6) is 0 Å². The molecule has 2 aromatic rings. The fraction of sp³-hybridized carbons (Fsp3) is 0.278. The van der Waals surface area contributed by atoms with Crippen molar-refractivity contribution in [3.63, 3.8) is 0 Å². The van der Waals surface area contributed by atoms with Crippen LogP contribution in [0.3, 0.4) is 0 Å². The number of unbranched alkanes of at least 4 members (excludes halogenated alkanes) is 1. The highest BCUT2D eigenvalue weighted by atomic mass is 35.5. The van der Waals surface area contributed by atoms with Crippen molar-refractivity contribution in [2.45, 2.75) is 25.8 Å². The second-order valence-electron chi connectivity index (χ2n) is 5.16. The largest absolute Gasteiger partial charge is 0.303 e. The summed E-state index contributed by atoms with van der Waals surface area (Å²) in [6.07, 6.45) is 2.10. The van der Waals surface area contributed by atoms with Gasteiger partial charge < -0.3 is 5.32 Å². The summed E-state index contributed by atoms with van der Waals surface area (Å²) in [7, 11) is 0. The molecule has 2 nitrogen and oxygen atoms in total. The smallest absolute Gasteiger partial charge is 0.184 e. The van der Waals surface area contributed by atoms with Crippen LogP contribution in [0.2, 0.25) is 10.0 Å². The molecule has 5 heteroatoms. The maximum absolute atomic E-state index is 12.8. The van der Waals surface area contributed by atoms with Crippen LogP contribution in [0.4, 0.5) is 0 Å². The van der Waals surface area contributed by atoms with Crippen LogP contribution in [0.1, 0.15) is 41.7 Å². The summed E-state index contributed by atoms with van der Waals surface area (Å²) in [5, 5.41) is 4.63. The molecule has 0 amide bonds. The van der Waals surface area contributed by atoms with E-state index in [1.54, 1.807) is 36.4 Å². The number of benzene rings is 2. The Kier molecular flexibility index (Phi) is 8.64. The Morgan fingerprint density at radius 2 is 1.52 bits per heavy atom. The SMILES string of the molecule is CCCCNC(C(=O)c1ccc(Cl)cc1)c1ccc(Cl)cc1.Cl. The van der Waals surface area contributed by atoms with Gasteiger partial charge in [0.1, 0.15) is 0 Å². The lowest BCUT2D eigenvalue weighted by molar-refractivity contribution is 0.0943. The first-order chi connectivity index (χ1) is 10.6. The third kappa shape index (κ3) is 5.82. The molecule has 0 aliphatic rings. The number of nitrogens with one attached hydrogen (secondary N) is 1. The summed E-state index contributed by atoms with van der Waals surface area (Å²) in [5.74, 6) is 0.0371. The number of hydrogen-bond acceptors (Lipinski definition) is 2. The number of halogens is 3. The summed E-state index contributed by atoms with van der Waals surface area (Å²) >= 11 is 11.8. The molecule has 0 aliphatic heterocycles. The molecule has 124 valence electrons. The van der Waals surface area contributed by atoms with Crippen LogP contribution in [0.25, 0.3) is 0 Å². The van der Waals surface area contributed by atoms with E-state index in [0.717, 1.165) is 24.9 Å². The number of carbonyl (C=O) groups is 1. The maximum Gasteiger partial charge on any atom is 0.184 e. The molecule has 0 fully saturated rings. The average Bonchev–Trinajstić information content (AvgIpc) is 2.53. The lowest BCUT2D eigenvalue weighted by Gasteiger charge is -2.18. The molecule has 0 spiro atoms. The third-order valence-corrected chi connectivity index (χ3v) is 3.98. The highest BCUT2D eigenvalue weighted by Crippen LogP contribution is 2.22. The van der Waals surface area contributed by atoms with Gasteiger partial charge in [0.25, 0.3) is 0 Å². The molecule has 0 bridgehead atoms. The second-order valence-corrected chi connectivity index (χ2v) is 6.04. The van der Waals surface area contributed by atoms with Crippen molar-refractivity contribution in [3.8, 4) is 0 Å². The number of hydrogen-bond donors (Lipinski definition) is 1. The Balaban J connectivity index is 0.00000264.